The van der Waals surface area contributed by atoms with Crippen molar-refractivity contribution in [1.82, 2.24) is 14.8 Å². The average Bonchev–Trinajstić information content (AvgIpc) is 2.80. The zero-order chi connectivity index (χ0) is 14.1. The van der Waals surface area contributed by atoms with Crippen LogP contribution in [0, 0.1) is 0 Å². The monoisotopic (exact) mass is 272 g/mol. The number of fused-ring (bicyclic) bond motifs is 1. The lowest BCUT2D eigenvalue weighted by Gasteiger charge is -2.27. The molecule has 0 atom stereocenters. The van der Waals surface area contributed by atoms with Crippen LogP contribution in [0.4, 0.5) is 5.69 Å². The van der Waals surface area contributed by atoms with Crippen LogP contribution in [0.2, 0.25) is 0 Å². The third-order valence-corrected chi connectivity index (χ3v) is 4.13. The van der Waals surface area contributed by atoms with Gasteiger partial charge in [-0.1, -0.05) is 6.07 Å². The Morgan fingerprint density at radius 3 is 2.70 bits per heavy atom. The second-order valence-electron chi connectivity index (χ2n) is 5.92. The quantitative estimate of drug-likeness (QED) is 0.842. The molecule has 0 saturated carbocycles. The van der Waals surface area contributed by atoms with E-state index >= 15 is 0 Å². The minimum atomic E-state index is 0.455. The van der Waals surface area contributed by atoms with E-state index in [-0.39, 0.29) is 0 Å². The fourth-order valence-corrected chi connectivity index (χ4v) is 3.08. The predicted octanol–water partition coefficient (Wildman–Crippen LogP) is 2.21. The number of nitrogens with zero attached hydrogens (tertiary/aromatic N) is 2. The summed E-state index contributed by atoms with van der Waals surface area (Å²) < 4.78 is 2.34. The van der Waals surface area contributed by atoms with Crippen LogP contribution in [-0.4, -0.2) is 35.6 Å². The van der Waals surface area contributed by atoms with Gasteiger partial charge in [0.25, 0.3) is 0 Å². The number of hydrogen-bond donors (Lipinski definition) is 2. The highest BCUT2D eigenvalue weighted by Crippen LogP contribution is 2.30. The minimum Gasteiger partial charge on any atom is -0.398 e. The first kappa shape index (κ1) is 13.5. The SMILES string of the molecule is CC(C)n1cc(CN2CCNCC2)c2c(N)cccc21. The molecule has 0 amide bonds. The molecule has 0 radical (unpaired) electrons. The molecule has 1 saturated heterocycles. The van der Waals surface area contributed by atoms with Crippen molar-refractivity contribution < 1.29 is 0 Å². The number of anilines is 1. The van der Waals surface area contributed by atoms with Crippen molar-refractivity contribution >= 4 is 16.6 Å². The lowest BCUT2D eigenvalue weighted by Crippen LogP contribution is -2.42. The first-order valence-electron chi connectivity index (χ1n) is 7.48. The van der Waals surface area contributed by atoms with Gasteiger partial charge in [-0.2, -0.15) is 0 Å². The third-order valence-electron chi connectivity index (χ3n) is 4.13. The second-order valence-corrected chi connectivity index (χ2v) is 5.92. The van der Waals surface area contributed by atoms with E-state index in [0.717, 1.165) is 38.4 Å². The highest BCUT2D eigenvalue weighted by atomic mass is 15.2. The molecular weight excluding hydrogens is 248 g/mol. The fraction of sp³-hybridized carbons (Fsp3) is 0.500. The van der Waals surface area contributed by atoms with Gasteiger partial charge in [0.05, 0.1) is 5.52 Å². The van der Waals surface area contributed by atoms with Crippen LogP contribution >= 0.6 is 0 Å². The highest BCUT2D eigenvalue weighted by Gasteiger charge is 2.16. The maximum Gasteiger partial charge on any atom is 0.0506 e. The standard InChI is InChI=1S/C16H24N4/c1-12(2)20-11-13(10-19-8-6-18-7-9-19)16-14(17)4-3-5-15(16)20/h3-5,11-12,18H,6-10,17H2,1-2H3. The normalized spacial score (nSPS) is 17.1. The summed E-state index contributed by atoms with van der Waals surface area (Å²) in [6.45, 7) is 9.82. The average molecular weight is 272 g/mol. The summed E-state index contributed by atoms with van der Waals surface area (Å²) in [5.41, 5.74) is 9.74. The lowest BCUT2D eigenvalue weighted by atomic mass is 10.1. The molecule has 2 aromatic rings. The van der Waals surface area contributed by atoms with Gasteiger partial charge in [0.15, 0.2) is 0 Å². The molecule has 0 bridgehead atoms. The summed E-state index contributed by atoms with van der Waals surface area (Å²) in [6.07, 6.45) is 2.29. The van der Waals surface area contributed by atoms with Crippen molar-refractivity contribution in [3.8, 4) is 0 Å². The number of piperazine rings is 1. The summed E-state index contributed by atoms with van der Waals surface area (Å²) in [7, 11) is 0. The molecule has 0 unspecified atom stereocenters. The van der Waals surface area contributed by atoms with Crippen LogP contribution < -0.4 is 11.1 Å². The van der Waals surface area contributed by atoms with Crippen molar-refractivity contribution in [1.29, 1.82) is 0 Å². The second kappa shape index (κ2) is 5.46. The van der Waals surface area contributed by atoms with Gasteiger partial charge in [-0.3, -0.25) is 4.90 Å². The Kier molecular flexibility index (Phi) is 3.68. The molecule has 0 spiro atoms. The topological polar surface area (TPSA) is 46.2 Å². The van der Waals surface area contributed by atoms with Crippen molar-refractivity contribution in [3.63, 3.8) is 0 Å². The van der Waals surface area contributed by atoms with Gasteiger partial charge in [0, 0.05) is 56.0 Å². The van der Waals surface area contributed by atoms with Crippen LogP contribution in [-0.2, 0) is 6.54 Å². The largest absolute Gasteiger partial charge is 0.398 e. The Morgan fingerprint density at radius 1 is 1.25 bits per heavy atom. The Balaban J connectivity index is 2.01. The van der Waals surface area contributed by atoms with E-state index in [2.05, 4.69) is 40.9 Å². The highest BCUT2D eigenvalue weighted by molar-refractivity contribution is 5.94. The van der Waals surface area contributed by atoms with Crippen LogP contribution in [0.15, 0.2) is 24.4 Å². The molecule has 2 heterocycles. The fourth-order valence-electron chi connectivity index (χ4n) is 3.08. The van der Waals surface area contributed by atoms with E-state index in [0.29, 0.717) is 6.04 Å². The van der Waals surface area contributed by atoms with Crippen LogP contribution in [0.5, 0.6) is 0 Å². The number of hydrogen-bond acceptors (Lipinski definition) is 3. The Hall–Kier alpha value is -1.52. The zero-order valence-corrected chi connectivity index (χ0v) is 12.4. The van der Waals surface area contributed by atoms with Gasteiger partial charge in [-0.25, -0.2) is 0 Å². The van der Waals surface area contributed by atoms with Gasteiger partial charge in [0.1, 0.15) is 0 Å². The van der Waals surface area contributed by atoms with Crippen LogP contribution in [0.3, 0.4) is 0 Å². The molecule has 4 nitrogen and oxygen atoms in total. The Bertz CT molecular complexity index is 594. The summed E-state index contributed by atoms with van der Waals surface area (Å²) in [5, 5.41) is 4.64. The van der Waals surface area contributed by atoms with Gasteiger partial charge >= 0.3 is 0 Å². The smallest absolute Gasteiger partial charge is 0.0506 e. The number of aromatic nitrogens is 1. The van der Waals surface area contributed by atoms with Crippen molar-refractivity contribution in [2.24, 2.45) is 0 Å². The molecule has 20 heavy (non-hydrogen) atoms. The molecule has 1 aliphatic rings. The van der Waals surface area contributed by atoms with E-state index in [1.165, 1.54) is 16.5 Å². The number of nitrogens with two attached hydrogens (primary N) is 1. The molecule has 1 aromatic heterocycles. The Morgan fingerprint density at radius 2 is 2.00 bits per heavy atom. The lowest BCUT2D eigenvalue weighted by molar-refractivity contribution is 0.234. The molecule has 3 N–H and O–H groups in total. The summed E-state index contributed by atoms with van der Waals surface area (Å²) >= 11 is 0. The summed E-state index contributed by atoms with van der Waals surface area (Å²) in [5.74, 6) is 0. The maximum absolute atomic E-state index is 6.23. The number of benzene rings is 1. The van der Waals surface area contributed by atoms with E-state index in [9.17, 15) is 0 Å². The van der Waals surface area contributed by atoms with Crippen molar-refractivity contribution in [2.45, 2.75) is 26.4 Å². The summed E-state index contributed by atoms with van der Waals surface area (Å²) in [4.78, 5) is 2.50. The minimum absolute atomic E-state index is 0.455. The molecular formula is C16H24N4. The number of nitrogen functional groups attached to an aromatic ring is 1. The van der Waals surface area contributed by atoms with Gasteiger partial charge in [-0.15, -0.1) is 0 Å². The van der Waals surface area contributed by atoms with E-state index in [1.807, 2.05) is 12.1 Å². The molecule has 0 aliphatic carbocycles. The molecule has 3 rings (SSSR count). The van der Waals surface area contributed by atoms with E-state index in [4.69, 9.17) is 5.73 Å². The molecule has 4 heteroatoms. The summed E-state index contributed by atoms with van der Waals surface area (Å²) in [6, 6.07) is 6.68. The first-order chi connectivity index (χ1) is 9.66. The first-order valence-corrected chi connectivity index (χ1v) is 7.48. The van der Waals surface area contributed by atoms with Gasteiger partial charge < -0.3 is 15.6 Å². The van der Waals surface area contributed by atoms with E-state index < -0.39 is 0 Å². The molecule has 1 aliphatic heterocycles. The Labute approximate surface area is 120 Å². The van der Waals surface area contributed by atoms with Crippen molar-refractivity contribution in [2.75, 3.05) is 31.9 Å². The van der Waals surface area contributed by atoms with Crippen LogP contribution in [0.25, 0.3) is 10.9 Å². The van der Waals surface area contributed by atoms with E-state index in [1.54, 1.807) is 0 Å². The van der Waals surface area contributed by atoms with Gasteiger partial charge in [0.2, 0.25) is 0 Å². The molecule has 1 fully saturated rings. The number of nitrogens with one attached hydrogen (secondary N) is 1. The zero-order valence-electron chi connectivity index (χ0n) is 12.4. The van der Waals surface area contributed by atoms with Gasteiger partial charge in [-0.05, 0) is 31.5 Å². The maximum atomic E-state index is 6.23. The van der Waals surface area contributed by atoms with Crippen LogP contribution in [0.1, 0.15) is 25.5 Å². The predicted molar refractivity (Wildman–Crippen MR) is 84.9 cm³/mol. The molecule has 108 valence electrons. The number of rotatable bonds is 3. The molecule has 1 aromatic carbocycles. The van der Waals surface area contributed by atoms with Crippen molar-refractivity contribution in [3.05, 3.63) is 30.0 Å². The third kappa shape index (κ3) is 2.41.